The lowest BCUT2D eigenvalue weighted by atomic mass is 10.1. The molecule has 36 heavy (non-hydrogen) atoms. The van der Waals surface area contributed by atoms with Crippen LogP contribution in [-0.4, -0.2) is 50.5 Å². The Labute approximate surface area is 224 Å². The van der Waals surface area contributed by atoms with Gasteiger partial charge < -0.3 is 10.2 Å². The molecule has 2 rings (SSSR count). The normalized spacial score (nSPS) is 12.2. The quantitative estimate of drug-likeness (QED) is 0.368. The summed E-state index contributed by atoms with van der Waals surface area (Å²) < 4.78 is 26.2. The topological polar surface area (TPSA) is 86.8 Å². The van der Waals surface area contributed by atoms with Crippen molar-refractivity contribution in [3.05, 3.63) is 63.6 Å². The van der Waals surface area contributed by atoms with E-state index in [-0.39, 0.29) is 31.3 Å². The van der Waals surface area contributed by atoms with E-state index in [0.29, 0.717) is 35.1 Å². The fraction of sp³-hybridized carbons (Fsp3) is 0.462. The molecule has 0 saturated carbocycles. The standard InChI is InChI=1S/C26H35Cl2N3O4S/c1-5-14-29-26(33)24(6-2)30(18-20-12-13-22(27)23(28)17-20)25(32)11-8-15-31(36(4,34)35)21-10-7-9-19(3)16-21/h7,9-10,12-13,16-17,24H,5-6,8,11,14-15,18H2,1-4H3,(H,29,33)/t24-/m1/s1. The average Bonchev–Trinajstić information content (AvgIpc) is 2.81. The molecule has 1 atom stereocenters. The zero-order valence-corrected chi connectivity index (χ0v) is 23.6. The minimum Gasteiger partial charge on any atom is -0.354 e. The Hall–Kier alpha value is -2.29. The molecular weight excluding hydrogens is 521 g/mol. The zero-order chi connectivity index (χ0) is 26.9. The van der Waals surface area contributed by atoms with Gasteiger partial charge in [0.25, 0.3) is 0 Å². The van der Waals surface area contributed by atoms with Gasteiger partial charge in [-0.05, 0) is 61.6 Å². The van der Waals surface area contributed by atoms with Crippen LogP contribution in [0.3, 0.4) is 0 Å². The van der Waals surface area contributed by atoms with Crippen molar-refractivity contribution in [2.24, 2.45) is 0 Å². The predicted octanol–water partition coefficient (Wildman–Crippen LogP) is 5.18. The van der Waals surface area contributed by atoms with E-state index in [0.717, 1.165) is 23.8 Å². The van der Waals surface area contributed by atoms with Crippen LogP contribution >= 0.6 is 23.2 Å². The third-order valence-corrected chi connectivity index (χ3v) is 7.65. The van der Waals surface area contributed by atoms with Crippen LogP contribution in [0.15, 0.2) is 42.5 Å². The highest BCUT2D eigenvalue weighted by Gasteiger charge is 2.29. The Balaban J connectivity index is 2.23. The number of aryl methyl sites for hydroxylation is 1. The summed E-state index contributed by atoms with van der Waals surface area (Å²) in [7, 11) is -3.54. The number of benzene rings is 2. The molecule has 0 spiro atoms. The van der Waals surface area contributed by atoms with Gasteiger partial charge >= 0.3 is 0 Å². The third kappa shape index (κ3) is 8.68. The molecule has 0 aromatic heterocycles. The van der Waals surface area contributed by atoms with Crippen molar-refractivity contribution >= 4 is 50.7 Å². The molecular formula is C26H35Cl2N3O4S. The molecule has 0 aliphatic rings. The number of sulfonamides is 1. The van der Waals surface area contributed by atoms with Crippen LogP contribution in [0.4, 0.5) is 5.69 Å². The van der Waals surface area contributed by atoms with Gasteiger partial charge in [-0.25, -0.2) is 8.42 Å². The average molecular weight is 557 g/mol. The third-order valence-electron chi connectivity index (χ3n) is 5.71. The van der Waals surface area contributed by atoms with Gasteiger partial charge in [-0.15, -0.1) is 0 Å². The van der Waals surface area contributed by atoms with Crippen molar-refractivity contribution in [1.29, 1.82) is 0 Å². The van der Waals surface area contributed by atoms with E-state index in [1.165, 1.54) is 4.31 Å². The molecule has 0 heterocycles. The number of hydrogen-bond donors (Lipinski definition) is 1. The van der Waals surface area contributed by atoms with Crippen LogP contribution in [0.5, 0.6) is 0 Å². The van der Waals surface area contributed by atoms with Crippen LogP contribution in [-0.2, 0) is 26.2 Å². The van der Waals surface area contributed by atoms with Crippen LogP contribution in [0.2, 0.25) is 10.0 Å². The van der Waals surface area contributed by atoms with Crippen molar-refractivity contribution in [3.63, 3.8) is 0 Å². The Bertz CT molecular complexity index is 1160. The molecule has 10 heteroatoms. The Morgan fingerprint density at radius 1 is 1.06 bits per heavy atom. The number of carbonyl (C=O) groups excluding carboxylic acids is 2. The van der Waals surface area contributed by atoms with Gasteiger partial charge in [-0.3, -0.25) is 13.9 Å². The largest absolute Gasteiger partial charge is 0.354 e. The number of hydrogen-bond acceptors (Lipinski definition) is 4. The summed E-state index contributed by atoms with van der Waals surface area (Å²) in [5.41, 5.74) is 2.24. The lowest BCUT2D eigenvalue weighted by Gasteiger charge is -2.31. The summed E-state index contributed by atoms with van der Waals surface area (Å²) in [6, 6.07) is 11.7. The Morgan fingerprint density at radius 3 is 2.36 bits per heavy atom. The van der Waals surface area contributed by atoms with E-state index < -0.39 is 16.1 Å². The molecule has 0 unspecified atom stereocenters. The first-order chi connectivity index (χ1) is 17.0. The van der Waals surface area contributed by atoms with Crippen molar-refractivity contribution in [2.75, 3.05) is 23.7 Å². The summed E-state index contributed by atoms with van der Waals surface area (Å²) in [5, 5.41) is 3.65. The van der Waals surface area contributed by atoms with Crippen molar-refractivity contribution in [2.45, 2.75) is 59.0 Å². The van der Waals surface area contributed by atoms with Crippen LogP contribution in [0.1, 0.15) is 50.7 Å². The zero-order valence-electron chi connectivity index (χ0n) is 21.3. The monoisotopic (exact) mass is 555 g/mol. The van der Waals surface area contributed by atoms with E-state index in [1.807, 2.05) is 26.8 Å². The SMILES string of the molecule is CCCNC(=O)[C@@H](CC)N(Cc1ccc(Cl)c(Cl)c1)C(=O)CCCN(c1cccc(C)c1)S(C)(=O)=O. The van der Waals surface area contributed by atoms with Crippen molar-refractivity contribution in [1.82, 2.24) is 10.2 Å². The second-order valence-corrected chi connectivity index (χ2v) is 11.5. The fourth-order valence-corrected chi connectivity index (χ4v) is 5.19. The number of nitrogens with zero attached hydrogens (tertiary/aromatic N) is 2. The molecule has 0 saturated heterocycles. The van der Waals surface area contributed by atoms with Crippen LogP contribution in [0, 0.1) is 6.92 Å². The molecule has 198 valence electrons. The highest BCUT2D eigenvalue weighted by Crippen LogP contribution is 2.25. The second kappa shape index (κ2) is 13.9. The molecule has 7 nitrogen and oxygen atoms in total. The van der Waals surface area contributed by atoms with Crippen molar-refractivity contribution < 1.29 is 18.0 Å². The van der Waals surface area contributed by atoms with Gasteiger partial charge in [0.2, 0.25) is 21.8 Å². The molecule has 1 N–H and O–H groups in total. The number of nitrogens with one attached hydrogen (secondary N) is 1. The Kier molecular flexibility index (Phi) is 11.5. The Morgan fingerprint density at radius 2 is 1.78 bits per heavy atom. The van der Waals surface area contributed by atoms with Gasteiger partial charge in [0.1, 0.15) is 6.04 Å². The van der Waals surface area contributed by atoms with Gasteiger partial charge in [0.15, 0.2) is 0 Å². The first-order valence-corrected chi connectivity index (χ1v) is 14.6. The van der Waals surface area contributed by atoms with E-state index in [9.17, 15) is 18.0 Å². The van der Waals surface area contributed by atoms with Gasteiger partial charge in [0.05, 0.1) is 22.0 Å². The van der Waals surface area contributed by atoms with E-state index >= 15 is 0 Å². The van der Waals surface area contributed by atoms with Crippen molar-refractivity contribution in [3.8, 4) is 0 Å². The molecule has 0 aliphatic heterocycles. The van der Waals surface area contributed by atoms with Gasteiger partial charge in [0, 0.05) is 26.1 Å². The summed E-state index contributed by atoms with van der Waals surface area (Å²) in [4.78, 5) is 27.8. The highest BCUT2D eigenvalue weighted by molar-refractivity contribution is 7.92. The number of amides is 2. The highest BCUT2D eigenvalue weighted by atomic mass is 35.5. The minimum atomic E-state index is -3.54. The number of rotatable bonds is 13. The smallest absolute Gasteiger partial charge is 0.242 e. The summed E-state index contributed by atoms with van der Waals surface area (Å²) in [5.74, 6) is -0.456. The number of anilines is 1. The first-order valence-electron chi connectivity index (χ1n) is 12.0. The molecule has 2 aromatic carbocycles. The maximum Gasteiger partial charge on any atom is 0.242 e. The predicted molar refractivity (Wildman–Crippen MR) is 147 cm³/mol. The van der Waals surface area contributed by atoms with E-state index in [1.54, 1.807) is 41.3 Å². The van der Waals surface area contributed by atoms with Crippen LogP contribution < -0.4 is 9.62 Å². The van der Waals surface area contributed by atoms with Crippen LogP contribution in [0.25, 0.3) is 0 Å². The lowest BCUT2D eigenvalue weighted by molar-refractivity contribution is -0.141. The molecule has 2 aromatic rings. The lowest BCUT2D eigenvalue weighted by Crippen LogP contribution is -2.49. The summed E-state index contributed by atoms with van der Waals surface area (Å²) in [6.45, 7) is 6.55. The minimum absolute atomic E-state index is 0.0801. The van der Waals surface area contributed by atoms with E-state index in [4.69, 9.17) is 23.2 Å². The summed E-state index contributed by atoms with van der Waals surface area (Å²) >= 11 is 12.2. The number of carbonyl (C=O) groups is 2. The summed E-state index contributed by atoms with van der Waals surface area (Å²) in [6.07, 6.45) is 2.74. The fourth-order valence-electron chi connectivity index (χ4n) is 3.91. The molecule has 0 aliphatic carbocycles. The maximum absolute atomic E-state index is 13.4. The number of halogens is 2. The molecule has 0 fully saturated rings. The van der Waals surface area contributed by atoms with Gasteiger partial charge in [-0.2, -0.15) is 0 Å². The molecule has 2 amide bonds. The molecule has 0 bridgehead atoms. The molecule has 0 radical (unpaired) electrons. The van der Waals surface area contributed by atoms with Gasteiger partial charge in [-0.1, -0.05) is 55.2 Å². The maximum atomic E-state index is 13.4. The first kappa shape index (κ1) is 29.9. The second-order valence-electron chi connectivity index (χ2n) is 8.76. The van der Waals surface area contributed by atoms with E-state index in [2.05, 4.69) is 5.32 Å².